The van der Waals surface area contributed by atoms with Crippen molar-refractivity contribution in [3.63, 3.8) is 0 Å². The lowest BCUT2D eigenvalue weighted by Crippen LogP contribution is -2.33. The number of hydrogen-bond acceptors (Lipinski definition) is 4. The minimum atomic E-state index is -3.42. The monoisotopic (exact) mass is 351 g/mol. The van der Waals surface area contributed by atoms with Crippen LogP contribution in [0.3, 0.4) is 0 Å². The Kier molecular flexibility index (Phi) is 4.37. The average Bonchev–Trinajstić information content (AvgIpc) is 3.12. The molecule has 0 spiro atoms. The van der Waals surface area contributed by atoms with E-state index in [4.69, 9.17) is 0 Å². The number of β-amino-alcohol motifs (C(OH)–C–C–N with tert-alkyl or cyclic N) is 1. The Labute approximate surface area is 140 Å². The SMILES string of the molecule is CN(C)S(=O)(=O)C[C@@H]1CN(C(=O)c2ccc3[nH]ccc3c2)C[C@H]1O. The molecule has 0 unspecified atom stereocenters. The van der Waals surface area contributed by atoms with E-state index in [2.05, 4.69) is 4.98 Å². The van der Waals surface area contributed by atoms with Gasteiger partial charge < -0.3 is 15.0 Å². The van der Waals surface area contributed by atoms with Crippen molar-refractivity contribution in [3.8, 4) is 0 Å². The molecule has 1 aliphatic rings. The Hall–Kier alpha value is -1.90. The summed E-state index contributed by atoms with van der Waals surface area (Å²) in [6.45, 7) is 0.385. The molecule has 1 aliphatic heterocycles. The summed E-state index contributed by atoms with van der Waals surface area (Å²) in [5.41, 5.74) is 1.48. The standard InChI is InChI=1S/C16H21N3O4S/c1-18(2)24(22,23)10-13-8-19(9-15(13)20)16(21)12-3-4-14-11(7-12)5-6-17-14/h3-7,13,15,17,20H,8-10H2,1-2H3/t13-,15+/m0/s1. The topological polar surface area (TPSA) is 93.7 Å². The minimum Gasteiger partial charge on any atom is -0.391 e. The second-order valence-electron chi connectivity index (χ2n) is 6.38. The number of carbonyl (C=O) groups is 1. The van der Waals surface area contributed by atoms with Gasteiger partial charge in [-0.1, -0.05) is 0 Å². The maximum absolute atomic E-state index is 12.6. The number of aromatic nitrogens is 1. The number of nitrogens with zero attached hydrogens (tertiary/aromatic N) is 2. The van der Waals surface area contributed by atoms with Crippen LogP contribution in [0.2, 0.25) is 0 Å². The fraction of sp³-hybridized carbons (Fsp3) is 0.438. The smallest absolute Gasteiger partial charge is 0.253 e. The highest BCUT2D eigenvalue weighted by molar-refractivity contribution is 7.89. The van der Waals surface area contributed by atoms with E-state index in [-0.39, 0.29) is 24.7 Å². The van der Waals surface area contributed by atoms with Crippen molar-refractivity contribution in [1.29, 1.82) is 0 Å². The molecule has 1 fully saturated rings. The molecule has 7 nitrogen and oxygen atoms in total. The van der Waals surface area contributed by atoms with Crippen LogP contribution in [0.4, 0.5) is 0 Å². The summed E-state index contributed by atoms with van der Waals surface area (Å²) < 4.78 is 25.1. The first-order valence-corrected chi connectivity index (χ1v) is 9.33. The van der Waals surface area contributed by atoms with Crippen LogP contribution in [0.1, 0.15) is 10.4 Å². The molecule has 3 rings (SSSR count). The second kappa shape index (κ2) is 6.19. The molecular formula is C16H21N3O4S. The molecule has 8 heteroatoms. The maximum Gasteiger partial charge on any atom is 0.253 e. The summed E-state index contributed by atoms with van der Waals surface area (Å²) in [5.74, 6) is -0.832. The number of hydrogen-bond donors (Lipinski definition) is 2. The molecule has 1 aromatic carbocycles. The second-order valence-corrected chi connectivity index (χ2v) is 8.61. The Morgan fingerprint density at radius 2 is 2.08 bits per heavy atom. The number of likely N-dealkylation sites (tertiary alicyclic amines) is 1. The molecule has 0 aliphatic carbocycles. The van der Waals surface area contributed by atoms with Crippen LogP contribution >= 0.6 is 0 Å². The van der Waals surface area contributed by atoms with Crippen LogP contribution in [0.5, 0.6) is 0 Å². The number of benzene rings is 1. The first-order valence-electron chi connectivity index (χ1n) is 7.72. The molecule has 1 saturated heterocycles. The third-order valence-corrected chi connectivity index (χ3v) is 6.44. The first-order chi connectivity index (χ1) is 11.3. The number of aliphatic hydroxyl groups excluding tert-OH is 1. The van der Waals surface area contributed by atoms with E-state index >= 15 is 0 Å². The van der Waals surface area contributed by atoms with Gasteiger partial charge in [0.1, 0.15) is 0 Å². The van der Waals surface area contributed by atoms with Gasteiger partial charge >= 0.3 is 0 Å². The Balaban J connectivity index is 1.75. The molecule has 2 N–H and O–H groups in total. The van der Waals surface area contributed by atoms with E-state index < -0.39 is 22.0 Å². The van der Waals surface area contributed by atoms with Crippen molar-refractivity contribution in [2.24, 2.45) is 5.92 Å². The van der Waals surface area contributed by atoms with Crippen LogP contribution < -0.4 is 0 Å². The summed E-state index contributed by atoms with van der Waals surface area (Å²) >= 11 is 0. The fourth-order valence-corrected chi connectivity index (χ4v) is 4.14. The predicted octanol–water partition coefficient (Wildman–Crippen LogP) is 0.492. The average molecular weight is 351 g/mol. The molecule has 1 aromatic heterocycles. The number of fused-ring (bicyclic) bond motifs is 1. The normalized spacial score (nSPS) is 21.8. The molecular weight excluding hydrogens is 330 g/mol. The zero-order chi connectivity index (χ0) is 17.5. The van der Waals surface area contributed by atoms with E-state index in [1.807, 2.05) is 12.1 Å². The van der Waals surface area contributed by atoms with Gasteiger partial charge in [0, 0.05) is 55.8 Å². The third kappa shape index (κ3) is 3.17. The zero-order valence-corrected chi connectivity index (χ0v) is 14.5. The van der Waals surface area contributed by atoms with Crippen LogP contribution in [-0.4, -0.2) is 72.7 Å². The minimum absolute atomic E-state index is 0.150. The lowest BCUT2D eigenvalue weighted by atomic mass is 10.1. The molecule has 0 radical (unpaired) electrons. The van der Waals surface area contributed by atoms with Crippen molar-refractivity contribution in [3.05, 3.63) is 36.0 Å². The Bertz CT molecular complexity index is 859. The van der Waals surface area contributed by atoms with E-state index in [1.54, 1.807) is 18.3 Å². The van der Waals surface area contributed by atoms with Crippen molar-refractivity contribution >= 4 is 26.8 Å². The van der Waals surface area contributed by atoms with Crippen LogP contribution in [0.25, 0.3) is 10.9 Å². The quantitative estimate of drug-likeness (QED) is 0.838. The number of aliphatic hydroxyl groups is 1. The Morgan fingerprint density at radius 3 is 2.79 bits per heavy atom. The molecule has 0 saturated carbocycles. The van der Waals surface area contributed by atoms with Crippen molar-refractivity contribution in [2.45, 2.75) is 6.10 Å². The molecule has 2 heterocycles. The molecule has 24 heavy (non-hydrogen) atoms. The third-order valence-electron chi connectivity index (χ3n) is 4.47. The largest absolute Gasteiger partial charge is 0.391 e. The predicted molar refractivity (Wildman–Crippen MR) is 91.2 cm³/mol. The molecule has 2 aromatic rings. The summed E-state index contributed by atoms with van der Waals surface area (Å²) in [6.07, 6.45) is 0.973. The molecule has 0 bridgehead atoms. The molecule has 2 atom stereocenters. The van der Waals surface area contributed by atoms with Gasteiger partial charge in [-0.3, -0.25) is 4.79 Å². The van der Waals surface area contributed by atoms with Gasteiger partial charge in [-0.25, -0.2) is 12.7 Å². The lowest BCUT2D eigenvalue weighted by molar-refractivity contribution is 0.0765. The zero-order valence-electron chi connectivity index (χ0n) is 13.6. The van der Waals surface area contributed by atoms with Crippen molar-refractivity contribution in [2.75, 3.05) is 32.9 Å². The van der Waals surface area contributed by atoms with E-state index in [9.17, 15) is 18.3 Å². The summed E-state index contributed by atoms with van der Waals surface area (Å²) in [4.78, 5) is 17.2. The van der Waals surface area contributed by atoms with Gasteiger partial charge in [0.15, 0.2) is 0 Å². The van der Waals surface area contributed by atoms with Gasteiger partial charge in [-0.2, -0.15) is 0 Å². The fourth-order valence-electron chi connectivity index (χ4n) is 2.97. The number of rotatable bonds is 4. The van der Waals surface area contributed by atoms with Crippen LogP contribution in [-0.2, 0) is 10.0 Å². The van der Waals surface area contributed by atoms with Gasteiger partial charge in [-0.05, 0) is 24.3 Å². The molecule has 130 valence electrons. The van der Waals surface area contributed by atoms with Crippen molar-refractivity contribution in [1.82, 2.24) is 14.2 Å². The maximum atomic E-state index is 12.6. The first kappa shape index (κ1) is 16.9. The van der Waals surface area contributed by atoms with Crippen LogP contribution in [0.15, 0.2) is 30.5 Å². The summed E-state index contributed by atoms with van der Waals surface area (Å²) in [6, 6.07) is 7.25. The Morgan fingerprint density at radius 1 is 1.33 bits per heavy atom. The van der Waals surface area contributed by atoms with Gasteiger partial charge in [-0.15, -0.1) is 0 Å². The van der Waals surface area contributed by atoms with Gasteiger partial charge in [0.2, 0.25) is 10.0 Å². The van der Waals surface area contributed by atoms with E-state index in [0.717, 1.165) is 15.2 Å². The van der Waals surface area contributed by atoms with Crippen molar-refractivity contribution < 1.29 is 18.3 Å². The number of nitrogens with one attached hydrogen (secondary N) is 1. The molecule has 1 amide bonds. The number of aromatic amines is 1. The summed E-state index contributed by atoms with van der Waals surface area (Å²) in [5, 5.41) is 11.1. The number of amides is 1. The van der Waals surface area contributed by atoms with E-state index in [1.165, 1.54) is 19.0 Å². The highest BCUT2D eigenvalue weighted by atomic mass is 32.2. The summed E-state index contributed by atoms with van der Waals surface area (Å²) in [7, 11) is -0.490. The number of sulfonamides is 1. The van der Waals surface area contributed by atoms with Gasteiger partial charge in [0.25, 0.3) is 5.91 Å². The lowest BCUT2D eigenvalue weighted by Gasteiger charge is -2.18. The highest BCUT2D eigenvalue weighted by Gasteiger charge is 2.37. The van der Waals surface area contributed by atoms with Gasteiger partial charge in [0.05, 0.1) is 11.9 Å². The number of carbonyl (C=O) groups excluding carboxylic acids is 1. The van der Waals surface area contributed by atoms with Crippen LogP contribution in [0, 0.1) is 5.92 Å². The van der Waals surface area contributed by atoms with E-state index in [0.29, 0.717) is 5.56 Å². The number of H-pyrrole nitrogens is 1. The highest BCUT2D eigenvalue weighted by Crippen LogP contribution is 2.23.